The lowest BCUT2D eigenvalue weighted by atomic mass is 9.68. The number of benzene rings is 8. The molecule has 8 fully saturated rings. The van der Waals surface area contributed by atoms with Crippen molar-refractivity contribution in [3.05, 3.63) is 237 Å². The number of unbranched alkanes of at least 4 members (excludes halogenated alkanes) is 3. The molecule has 0 amide bonds. The van der Waals surface area contributed by atoms with Gasteiger partial charge in [0, 0.05) is 5.56 Å². The van der Waals surface area contributed by atoms with E-state index in [4.69, 9.17) is 0 Å². The highest BCUT2D eigenvalue weighted by Gasteiger charge is 2.37. The van der Waals surface area contributed by atoms with Gasteiger partial charge in [0.15, 0.2) is 52.4 Å². The van der Waals surface area contributed by atoms with E-state index in [2.05, 4.69) is 76.2 Å². The van der Waals surface area contributed by atoms with E-state index >= 15 is 0 Å². The van der Waals surface area contributed by atoms with Gasteiger partial charge in [-0.05, 0) is 371 Å². The second-order valence-corrected chi connectivity index (χ2v) is 39.2. The maximum atomic E-state index is 13.9. The summed E-state index contributed by atoms with van der Waals surface area (Å²) in [6.07, 6.45) is 57.6. The van der Waals surface area contributed by atoms with Gasteiger partial charge in [0.25, 0.3) is 0 Å². The summed E-state index contributed by atoms with van der Waals surface area (Å²) in [7, 11) is 0. The van der Waals surface area contributed by atoms with Crippen molar-refractivity contribution < 1.29 is 48.3 Å². The Labute approximate surface area is 732 Å². The van der Waals surface area contributed by atoms with Gasteiger partial charge in [0.1, 0.15) is 11.6 Å². The van der Waals surface area contributed by atoms with Gasteiger partial charge in [-0.2, -0.15) is 0 Å². The molecule has 0 aromatic heterocycles. The molecule has 0 spiro atoms. The Morgan fingerprint density at radius 1 is 0.211 bits per heavy atom. The fourth-order valence-electron chi connectivity index (χ4n) is 24.0. The van der Waals surface area contributed by atoms with E-state index in [0.29, 0.717) is 57.1 Å². The standard InChI is InChI=1S/C30H40F2.C28H35F3.C27H33F3.C26H31F3.CH4/c1-3-4-5-6-22-7-9-23(10-8-22)24-11-13-25(14-12-24)26-15-17-27(18-16-26)28-19-29(31)21(2)30(32)20-28;1-2-3-4-19-5-7-20(8-6-19)21-9-11-22(12-10-21)23-13-15-24(16-14-23)25-17-26(29)28(31)27(30)18-25;1-2-3-18-4-6-19(7-5-18)20-8-10-21(11-9-20)22-12-14-23(15-13-22)24-16-25(28)27(30)26(29)17-24;1-2-17-3-5-18(6-4-17)19-7-9-20(10-8-19)21-11-13-22(14-12-21)23-15-24(27)26(29)25(28)16-23;/h15-20,22-25H,3-14H2,1-2H3;13-22H,2-12H2,1H3;12-21H,2-11H2,1H3;11-20H,2-10H2,1H3;1H4. The zero-order chi connectivity index (χ0) is 85.8. The highest BCUT2D eigenvalue weighted by molar-refractivity contribution is 5.67. The maximum Gasteiger partial charge on any atom is 0.194 e. The third-order valence-corrected chi connectivity index (χ3v) is 31.9. The summed E-state index contributed by atoms with van der Waals surface area (Å²) >= 11 is 0. The third kappa shape index (κ3) is 25.7. The minimum atomic E-state index is -1.41. The Balaban J connectivity index is 0.000000149. The van der Waals surface area contributed by atoms with Crippen molar-refractivity contribution in [2.24, 2.45) is 71.0 Å². The molecule has 0 unspecified atom stereocenters. The number of halogens is 11. The molecule has 0 N–H and O–H groups in total. The lowest BCUT2D eigenvalue weighted by molar-refractivity contribution is 0.155. The first-order chi connectivity index (χ1) is 59.2. The smallest absolute Gasteiger partial charge is 0.194 e. The van der Waals surface area contributed by atoms with Crippen molar-refractivity contribution in [1.82, 2.24) is 0 Å². The molecule has 0 radical (unpaired) electrons. The van der Waals surface area contributed by atoms with E-state index in [0.717, 1.165) is 119 Å². The molecule has 0 bridgehead atoms. The first-order valence-electron chi connectivity index (χ1n) is 48.5. The molecule has 668 valence electrons. The van der Waals surface area contributed by atoms with Crippen molar-refractivity contribution >= 4 is 0 Å². The molecule has 8 aromatic rings. The van der Waals surface area contributed by atoms with Crippen LogP contribution < -0.4 is 0 Å². The molecule has 0 nitrogen and oxygen atoms in total. The van der Waals surface area contributed by atoms with Crippen molar-refractivity contribution in [3.63, 3.8) is 0 Å². The third-order valence-electron chi connectivity index (χ3n) is 31.9. The van der Waals surface area contributed by atoms with Gasteiger partial charge >= 0.3 is 0 Å². The molecule has 8 saturated carbocycles. The van der Waals surface area contributed by atoms with Gasteiger partial charge in [-0.15, -0.1) is 0 Å². The molecular formula is C112H143F11. The molecule has 0 aliphatic heterocycles. The van der Waals surface area contributed by atoms with E-state index in [1.165, 1.54) is 311 Å². The second-order valence-electron chi connectivity index (χ2n) is 39.2. The number of hydrogen-bond donors (Lipinski definition) is 0. The molecule has 8 aliphatic rings. The monoisotopic (exact) mass is 1700 g/mol. The molecule has 11 heteroatoms. The van der Waals surface area contributed by atoms with E-state index in [1.807, 2.05) is 48.5 Å². The van der Waals surface area contributed by atoms with Gasteiger partial charge in [0.05, 0.1) is 0 Å². The van der Waals surface area contributed by atoms with Gasteiger partial charge in [-0.25, -0.2) is 48.3 Å². The van der Waals surface area contributed by atoms with Crippen LogP contribution in [-0.2, 0) is 0 Å². The molecule has 0 atom stereocenters. The van der Waals surface area contributed by atoms with Crippen LogP contribution in [0.5, 0.6) is 0 Å². The maximum absolute atomic E-state index is 13.9. The minimum Gasteiger partial charge on any atom is -0.207 e. The Bertz CT molecular complexity index is 4390. The summed E-state index contributed by atoms with van der Waals surface area (Å²) in [6, 6.07) is 41.6. The zero-order valence-corrected chi connectivity index (χ0v) is 74.0. The minimum absolute atomic E-state index is 0. The van der Waals surface area contributed by atoms with Crippen LogP contribution in [0.2, 0.25) is 0 Å². The van der Waals surface area contributed by atoms with Crippen molar-refractivity contribution in [3.8, 4) is 44.5 Å². The van der Waals surface area contributed by atoms with Gasteiger partial charge in [-0.1, -0.05) is 248 Å². The summed E-state index contributed by atoms with van der Waals surface area (Å²) in [4.78, 5) is 0. The Morgan fingerprint density at radius 3 is 0.634 bits per heavy atom. The second kappa shape index (κ2) is 46.6. The fraction of sp³-hybridized carbons (Fsp3) is 0.571. The van der Waals surface area contributed by atoms with E-state index in [-0.39, 0.29) is 13.0 Å². The molecule has 8 aromatic carbocycles. The van der Waals surface area contributed by atoms with Crippen LogP contribution in [-0.4, -0.2) is 0 Å². The summed E-state index contributed by atoms with van der Waals surface area (Å²) in [6.45, 7) is 10.7. The van der Waals surface area contributed by atoms with Crippen LogP contribution in [0, 0.1) is 142 Å². The predicted molar refractivity (Wildman–Crippen MR) is 488 cm³/mol. The van der Waals surface area contributed by atoms with Crippen LogP contribution in [0.1, 0.15) is 356 Å². The van der Waals surface area contributed by atoms with Crippen LogP contribution in [0.4, 0.5) is 48.3 Å². The number of rotatable bonds is 22. The Morgan fingerprint density at radius 2 is 0.415 bits per heavy atom. The predicted octanol–water partition coefficient (Wildman–Crippen LogP) is 36.2. The average Bonchev–Trinajstić information content (AvgIpc) is 0.819. The Hall–Kier alpha value is -7.01. The zero-order valence-electron chi connectivity index (χ0n) is 74.0. The normalized spacial score (nSPS) is 26.7. The fourth-order valence-corrected chi connectivity index (χ4v) is 24.0. The molecule has 16 rings (SSSR count). The topological polar surface area (TPSA) is 0 Å². The van der Waals surface area contributed by atoms with E-state index < -0.39 is 64.0 Å². The average molecular weight is 1700 g/mol. The molecular weight excluding hydrogens is 1550 g/mol. The highest BCUT2D eigenvalue weighted by Crippen LogP contribution is 2.51. The van der Waals surface area contributed by atoms with E-state index in [1.54, 1.807) is 0 Å². The quantitative estimate of drug-likeness (QED) is 0.0360. The van der Waals surface area contributed by atoms with Crippen LogP contribution >= 0.6 is 0 Å². The highest BCUT2D eigenvalue weighted by atomic mass is 19.2. The molecule has 0 saturated heterocycles. The van der Waals surface area contributed by atoms with Crippen molar-refractivity contribution in [1.29, 1.82) is 0 Å². The summed E-state index contributed by atoms with van der Waals surface area (Å²) in [5.41, 5.74) is 10.2. The van der Waals surface area contributed by atoms with Crippen LogP contribution in [0.3, 0.4) is 0 Å². The van der Waals surface area contributed by atoms with E-state index in [9.17, 15) is 48.3 Å². The lowest BCUT2D eigenvalue weighted by Crippen LogP contribution is -2.25. The SMILES string of the molecule is C.CCC1CCC(C2CCC(c3ccc(-c4cc(F)c(F)c(F)c4)cc3)CC2)CC1.CCCC1CCC(C2CCC(c3ccc(-c4cc(F)c(F)c(F)c4)cc3)CC2)CC1.CCCCC1CCC(C2CCC(c3ccc(-c4cc(F)c(F)c(F)c4)cc3)CC2)CC1.CCCCCC1CCC(C2CCC(c3ccc(-c4cc(F)c(C)c(F)c4)cc3)CC2)CC1. The molecule has 8 aliphatic carbocycles. The summed E-state index contributed by atoms with van der Waals surface area (Å²) in [5.74, 6) is 1.64. The van der Waals surface area contributed by atoms with Gasteiger partial charge in [0.2, 0.25) is 0 Å². The van der Waals surface area contributed by atoms with Gasteiger partial charge < -0.3 is 0 Å². The Kier molecular flexibility index (Phi) is 36.1. The van der Waals surface area contributed by atoms with Crippen LogP contribution in [0.25, 0.3) is 44.5 Å². The van der Waals surface area contributed by atoms with Crippen molar-refractivity contribution in [2.45, 2.75) is 335 Å². The van der Waals surface area contributed by atoms with Gasteiger partial charge in [-0.3, -0.25) is 0 Å². The molecule has 0 heterocycles. The summed E-state index contributed by atoms with van der Waals surface area (Å²) in [5, 5.41) is 0. The summed E-state index contributed by atoms with van der Waals surface area (Å²) < 4.78 is 149. The van der Waals surface area contributed by atoms with Crippen LogP contribution in [0.15, 0.2) is 146 Å². The first kappa shape index (κ1) is 95.1. The largest absolute Gasteiger partial charge is 0.207 e. The lowest BCUT2D eigenvalue weighted by Gasteiger charge is -2.38. The number of hydrogen-bond acceptors (Lipinski definition) is 0. The first-order valence-corrected chi connectivity index (χ1v) is 48.5. The van der Waals surface area contributed by atoms with Crippen molar-refractivity contribution in [2.75, 3.05) is 0 Å². The molecule has 123 heavy (non-hydrogen) atoms.